The van der Waals surface area contributed by atoms with Gasteiger partial charge < -0.3 is 15.3 Å². The van der Waals surface area contributed by atoms with E-state index in [2.05, 4.69) is 16.3 Å². The summed E-state index contributed by atoms with van der Waals surface area (Å²) < 4.78 is 0. The lowest BCUT2D eigenvalue weighted by Crippen LogP contribution is -2.29. The zero-order valence-electron chi connectivity index (χ0n) is 15.8. The van der Waals surface area contributed by atoms with Crippen LogP contribution in [0.3, 0.4) is 0 Å². The van der Waals surface area contributed by atoms with Crippen molar-refractivity contribution in [3.05, 3.63) is 78.4 Å². The number of amides is 1. The van der Waals surface area contributed by atoms with Gasteiger partial charge in [-0.2, -0.15) is 0 Å². The number of rotatable bonds is 4. The average Bonchev–Trinajstić information content (AvgIpc) is 2.75. The average molecular weight is 372 g/mol. The lowest BCUT2D eigenvalue weighted by Gasteiger charge is -2.29. The van der Waals surface area contributed by atoms with Crippen molar-refractivity contribution in [2.45, 2.75) is 19.3 Å². The Morgan fingerprint density at radius 3 is 2.14 bits per heavy atom. The SMILES string of the molecule is O=C(Nc1cccc(N2CCCCC2)c1)c1ccc(-c2ccc(O)cc2)cc1. The van der Waals surface area contributed by atoms with E-state index in [0.29, 0.717) is 5.56 Å². The minimum absolute atomic E-state index is 0.118. The van der Waals surface area contributed by atoms with Crippen molar-refractivity contribution >= 4 is 17.3 Å². The van der Waals surface area contributed by atoms with Crippen LogP contribution < -0.4 is 10.2 Å². The van der Waals surface area contributed by atoms with Crippen LogP contribution in [-0.4, -0.2) is 24.1 Å². The molecule has 0 saturated carbocycles. The molecule has 3 aromatic rings. The highest BCUT2D eigenvalue weighted by Crippen LogP contribution is 2.25. The number of aromatic hydroxyl groups is 1. The van der Waals surface area contributed by atoms with Crippen molar-refractivity contribution < 1.29 is 9.90 Å². The largest absolute Gasteiger partial charge is 0.508 e. The number of nitrogens with zero attached hydrogens (tertiary/aromatic N) is 1. The van der Waals surface area contributed by atoms with Gasteiger partial charge in [0.1, 0.15) is 5.75 Å². The molecule has 1 aliphatic heterocycles. The molecule has 0 spiro atoms. The number of nitrogens with one attached hydrogen (secondary N) is 1. The molecule has 1 saturated heterocycles. The van der Waals surface area contributed by atoms with Crippen molar-refractivity contribution in [2.24, 2.45) is 0 Å². The lowest BCUT2D eigenvalue weighted by atomic mass is 10.0. The fourth-order valence-corrected chi connectivity index (χ4v) is 3.60. The van der Waals surface area contributed by atoms with Gasteiger partial charge in [-0.1, -0.05) is 30.3 Å². The molecule has 4 rings (SSSR count). The van der Waals surface area contributed by atoms with Crippen LogP contribution in [-0.2, 0) is 0 Å². The van der Waals surface area contributed by atoms with Gasteiger partial charge in [0.15, 0.2) is 0 Å². The zero-order valence-corrected chi connectivity index (χ0v) is 15.8. The highest BCUT2D eigenvalue weighted by molar-refractivity contribution is 6.04. The number of carbonyl (C=O) groups is 1. The quantitative estimate of drug-likeness (QED) is 0.653. The molecule has 0 atom stereocenters. The molecule has 0 bridgehead atoms. The summed E-state index contributed by atoms with van der Waals surface area (Å²) in [6, 6.07) is 22.6. The maximum Gasteiger partial charge on any atom is 0.255 e. The molecule has 1 aliphatic rings. The predicted molar refractivity (Wildman–Crippen MR) is 114 cm³/mol. The van der Waals surface area contributed by atoms with Gasteiger partial charge in [-0.15, -0.1) is 0 Å². The summed E-state index contributed by atoms with van der Waals surface area (Å²) >= 11 is 0. The Balaban J connectivity index is 1.45. The van der Waals surface area contributed by atoms with E-state index >= 15 is 0 Å². The first-order chi connectivity index (χ1) is 13.7. The van der Waals surface area contributed by atoms with E-state index in [4.69, 9.17) is 0 Å². The normalized spacial score (nSPS) is 13.9. The van der Waals surface area contributed by atoms with Crippen LogP contribution >= 0.6 is 0 Å². The Morgan fingerprint density at radius 2 is 1.46 bits per heavy atom. The second-order valence-electron chi connectivity index (χ2n) is 7.18. The van der Waals surface area contributed by atoms with Gasteiger partial charge in [0, 0.05) is 30.0 Å². The molecule has 2 N–H and O–H groups in total. The zero-order chi connectivity index (χ0) is 19.3. The first-order valence-electron chi connectivity index (χ1n) is 9.75. The maximum atomic E-state index is 12.6. The van der Waals surface area contributed by atoms with Crippen LogP contribution in [0.5, 0.6) is 5.75 Å². The Bertz CT molecular complexity index is 943. The lowest BCUT2D eigenvalue weighted by molar-refractivity contribution is 0.102. The Labute approximate surface area is 165 Å². The molecule has 0 aromatic heterocycles. The number of phenolic OH excluding ortho intramolecular Hbond substituents is 1. The summed E-state index contributed by atoms with van der Waals surface area (Å²) in [6.07, 6.45) is 3.75. The molecule has 1 heterocycles. The van der Waals surface area contributed by atoms with E-state index in [1.165, 1.54) is 24.9 Å². The fraction of sp³-hybridized carbons (Fsp3) is 0.208. The number of hydrogen-bond donors (Lipinski definition) is 2. The molecule has 0 aliphatic carbocycles. The van der Waals surface area contributed by atoms with Gasteiger partial charge in [0.05, 0.1) is 0 Å². The number of hydrogen-bond acceptors (Lipinski definition) is 3. The van der Waals surface area contributed by atoms with Gasteiger partial charge in [-0.3, -0.25) is 4.79 Å². The summed E-state index contributed by atoms with van der Waals surface area (Å²) in [5, 5.41) is 12.4. The second-order valence-corrected chi connectivity index (χ2v) is 7.18. The number of phenols is 1. The number of benzene rings is 3. The van der Waals surface area contributed by atoms with E-state index < -0.39 is 0 Å². The van der Waals surface area contributed by atoms with Crippen LogP contribution in [0.15, 0.2) is 72.8 Å². The molecular formula is C24H24N2O2. The minimum Gasteiger partial charge on any atom is -0.508 e. The standard InChI is InChI=1S/C24H24N2O2/c27-23-13-11-19(12-14-23)18-7-9-20(10-8-18)24(28)25-21-5-4-6-22(17-21)26-15-2-1-3-16-26/h4-14,17,27H,1-3,15-16H2,(H,25,28). The van der Waals surface area contributed by atoms with Crippen LogP contribution in [0.4, 0.5) is 11.4 Å². The van der Waals surface area contributed by atoms with Gasteiger partial charge in [-0.25, -0.2) is 0 Å². The summed E-state index contributed by atoms with van der Waals surface area (Å²) in [4.78, 5) is 15.0. The second kappa shape index (κ2) is 8.17. The number of anilines is 2. The Hall–Kier alpha value is -3.27. The smallest absolute Gasteiger partial charge is 0.255 e. The van der Waals surface area contributed by atoms with Crippen molar-refractivity contribution in [1.29, 1.82) is 0 Å². The van der Waals surface area contributed by atoms with Crippen LogP contribution in [0.25, 0.3) is 11.1 Å². The third kappa shape index (κ3) is 4.17. The number of carbonyl (C=O) groups excluding carboxylic acids is 1. The molecule has 0 radical (unpaired) electrons. The van der Waals surface area contributed by atoms with Crippen molar-refractivity contribution in [3.63, 3.8) is 0 Å². The topological polar surface area (TPSA) is 52.6 Å². The fourth-order valence-electron chi connectivity index (χ4n) is 3.60. The third-order valence-electron chi connectivity index (χ3n) is 5.17. The van der Waals surface area contributed by atoms with Gasteiger partial charge >= 0.3 is 0 Å². The summed E-state index contributed by atoms with van der Waals surface area (Å²) in [7, 11) is 0. The van der Waals surface area contributed by atoms with E-state index in [9.17, 15) is 9.90 Å². The van der Waals surface area contributed by atoms with Gasteiger partial charge in [0.2, 0.25) is 0 Å². The van der Waals surface area contributed by atoms with Crippen molar-refractivity contribution in [3.8, 4) is 16.9 Å². The summed E-state index contributed by atoms with van der Waals surface area (Å²) in [5.41, 5.74) is 4.60. The Morgan fingerprint density at radius 1 is 0.821 bits per heavy atom. The molecular weight excluding hydrogens is 348 g/mol. The summed E-state index contributed by atoms with van der Waals surface area (Å²) in [5.74, 6) is 0.125. The highest BCUT2D eigenvalue weighted by Gasteiger charge is 2.12. The molecule has 4 heteroatoms. The molecule has 0 unspecified atom stereocenters. The van der Waals surface area contributed by atoms with Gasteiger partial charge in [-0.05, 0) is 72.9 Å². The first kappa shape index (κ1) is 18.1. The van der Waals surface area contributed by atoms with E-state index in [0.717, 1.165) is 29.9 Å². The van der Waals surface area contributed by atoms with Crippen molar-refractivity contribution in [2.75, 3.05) is 23.3 Å². The van der Waals surface area contributed by atoms with Crippen LogP contribution in [0.1, 0.15) is 29.6 Å². The molecule has 142 valence electrons. The van der Waals surface area contributed by atoms with E-state index in [1.807, 2.05) is 54.6 Å². The first-order valence-corrected chi connectivity index (χ1v) is 9.75. The monoisotopic (exact) mass is 372 g/mol. The van der Waals surface area contributed by atoms with E-state index in [1.54, 1.807) is 12.1 Å². The molecule has 1 fully saturated rings. The van der Waals surface area contributed by atoms with Gasteiger partial charge in [0.25, 0.3) is 5.91 Å². The number of piperidine rings is 1. The van der Waals surface area contributed by atoms with E-state index in [-0.39, 0.29) is 11.7 Å². The molecule has 1 amide bonds. The highest BCUT2D eigenvalue weighted by atomic mass is 16.3. The Kier molecular flexibility index (Phi) is 5.29. The third-order valence-corrected chi connectivity index (χ3v) is 5.17. The van der Waals surface area contributed by atoms with Crippen molar-refractivity contribution in [1.82, 2.24) is 0 Å². The predicted octanol–water partition coefficient (Wildman–Crippen LogP) is 5.30. The summed E-state index contributed by atoms with van der Waals surface area (Å²) in [6.45, 7) is 2.16. The molecule has 3 aromatic carbocycles. The molecule has 28 heavy (non-hydrogen) atoms. The molecule has 4 nitrogen and oxygen atoms in total. The minimum atomic E-state index is -0.118. The van der Waals surface area contributed by atoms with Crippen LogP contribution in [0.2, 0.25) is 0 Å². The maximum absolute atomic E-state index is 12.6. The van der Waals surface area contributed by atoms with Crippen LogP contribution in [0, 0.1) is 0 Å².